The Morgan fingerprint density at radius 3 is 3.17 bits per heavy atom. The topological polar surface area (TPSA) is 38.1 Å². The van der Waals surface area contributed by atoms with E-state index in [-0.39, 0.29) is 0 Å². The van der Waals surface area contributed by atoms with Gasteiger partial charge in [-0.1, -0.05) is 12.1 Å². The van der Waals surface area contributed by atoms with Crippen molar-refractivity contribution in [3.05, 3.63) is 17.5 Å². The maximum Gasteiger partial charge on any atom is 0.144 e. The van der Waals surface area contributed by atoms with E-state index < -0.39 is 0 Å². The van der Waals surface area contributed by atoms with E-state index in [1.165, 1.54) is 18.4 Å². The van der Waals surface area contributed by atoms with Gasteiger partial charge in [0, 0.05) is 18.0 Å². The lowest BCUT2D eigenvalue weighted by Gasteiger charge is -1.98. The average molecular weight is 166 g/mol. The van der Waals surface area contributed by atoms with Crippen LogP contribution in [0.2, 0.25) is 0 Å². The Morgan fingerprint density at radius 2 is 2.50 bits per heavy atom. The third-order valence-corrected chi connectivity index (χ3v) is 2.19. The van der Waals surface area contributed by atoms with Crippen LogP contribution in [0.15, 0.2) is 10.7 Å². The Hall–Kier alpha value is -0.830. The van der Waals surface area contributed by atoms with Gasteiger partial charge < -0.3 is 9.84 Å². The summed E-state index contributed by atoms with van der Waals surface area (Å²) < 4.78 is 5.20. The molecule has 1 heterocycles. The van der Waals surface area contributed by atoms with Crippen LogP contribution in [0.5, 0.6) is 0 Å². The van der Waals surface area contributed by atoms with Gasteiger partial charge in [0.25, 0.3) is 0 Å². The molecule has 3 heteroatoms. The van der Waals surface area contributed by atoms with Crippen molar-refractivity contribution >= 4 is 0 Å². The standard InChI is InChI=1S/C9H14N2O/c1-2-10-5-8-6-11-12-9(8)7-3-4-7/h6-7,10H,2-5H2,1H3. The van der Waals surface area contributed by atoms with E-state index in [1.807, 2.05) is 6.20 Å². The minimum atomic E-state index is 0.668. The van der Waals surface area contributed by atoms with Crippen LogP contribution >= 0.6 is 0 Å². The van der Waals surface area contributed by atoms with Gasteiger partial charge in [-0.2, -0.15) is 0 Å². The van der Waals surface area contributed by atoms with Crippen molar-refractivity contribution in [1.82, 2.24) is 10.5 Å². The van der Waals surface area contributed by atoms with Gasteiger partial charge in [-0.05, 0) is 19.4 Å². The van der Waals surface area contributed by atoms with Gasteiger partial charge >= 0.3 is 0 Å². The van der Waals surface area contributed by atoms with Crippen molar-refractivity contribution in [2.45, 2.75) is 32.2 Å². The van der Waals surface area contributed by atoms with Crippen molar-refractivity contribution in [2.24, 2.45) is 0 Å². The first-order chi connectivity index (χ1) is 5.92. The van der Waals surface area contributed by atoms with E-state index in [4.69, 9.17) is 4.52 Å². The summed E-state index contributed by atoms with van der Waals surface area (Å²) in [4.78, 5) is 0. The zero-order valence-electron chi connectivity index (χ0n) is 7.34. The molecule has 1 fully saturated rings. The minimum absolute atomic E-state index is 0.668. The molecule has 0 bridgehead atoms. The lowest BCUT2D eigenvalue weighted by molar-refractivity contribution is 0.382. The predicted octanol–water partition coefficient (Wildman–Crippen LogP) is 1.66. The Kier molecular flexibility index (Phi) is 2.13. The molecule has 0 aromatic carbocycles. The highest BCUT2D eigenvalue weighted by molar-refractivity contribution is 5.21. The highest BCUT2D eigenvalue weighted by Gasteiger charge is 2.29. The molecule has 1 N–H and O–H groups in total. The first-order valence-electron chi connectivity index (χ1n) is 4.56. The second-order valence-electron chi connectivity index (χ2n) is 3.27. The van der Waals surface area contributed by atoms with Gasteiger partial charge in [0.05, 0.1) is 6.20 Å². The molecule has 66 valence electrons. The minimum Gasteiger partial charge on any atom is -0.361 e. The molecule has 1 aromatic rings. The van der Waals surface area contributed by atoms with Crippen molar-refractivity contribution in [1.29, 1.82) is 0 Å². The smallest absolute Gasteiger partial charge is 0.144 e. The number of nitrogens with one attached hydrogen (secondary N) is 1. The largest absolute Gasteiger partial charge is 0.361 e. The molecule has 0 amide bonds. The molecule has 1 aromatic heterocycles. The molecule has 2 rings (SSSR count). The molecular weight excluding hydrogens is 152 g/mol. The first kappa shape index (κ1) is 7.80. The molecule has 0 unspecified atom stereocenters. The van der Waals surface area contributed by atoms with Crippen LogP contribution in [0.1, 0.15) is 37.0 Å². The highest BCUT2D eigenvalue weighted by atomic mass is 16.5. The van der Waals surface area contributed by atoms with Crippen LogP contribution in [0.4, 0.5) is 0 Å². The Bertz CT molecular complexity index is 253. The third-order valence-electron chi connectivity index (χ3n) is 2.19. The number of aromatic nitrogens is 1. The zero-order valence-corrected chi connectivity index (χ0v) is 7.34. The third kappa shape index (κ3) is 1.50. The van der Waals surface area contributed by atoms with Crippen LogP contribution in [0, 0.1) is 0 Å². The Balaban J connectivity index is 2.03. The number of hydrogen-bond acceptors (Lipinski definition) is 3. The van der Waals surface area contributed by atoms with Gasteiger partial charge in [0.15, 0.2) is 0 Å². The summed E-state index contributed by atoms with van der Waals surface area (Å²) in [5, 5.41) is 7.09. The summed E-state index contributed by atoms with van der Waals surface area (Å²) >= 11 is 0. The maximum atomic E-state index is 5.20. The molecule has 1 aliphatic carbocycles. The van der Waals surface area contributed by atoms with E-state index in [1.54, 1.807) is 0 Å². The van der Waals surface area contributed by atoms with Gasteiger partial charge in [-0.25, -0.2) is 0 Å². The average Bonchev–Trinajstić information content (AvgIpc) is 2.83. The van der Waals surface area contributed by atoms with Gasteiger partial charge in [-0.3, -0.25) is 0 Å². The maximum absolute atomic E-state index is 5.20. The summed E-state index contributed by atoms with van der Waals surface area (Å²) in [6, 6.07) is 0. The van der Waals surface area contributed by atoms with E-state index >= 15 is 0 Å². The van der Waals surface area contributed by atoms with E-state index in [0.717, 1.165) is 18.8 Å². The fraction of sp³-hybridized carbons (Fsp3) is 0.667. The van der Waals surface area contributed by atoms with E-state index in [0.29, 0.717) is 5.92 Å². The lowest BCUT2D eigenvalue weighted by atomic mass is 10.2. The highest BCUT2D eigenvalue weighted by Crippen LogP contribution is 2.41. The zero-order chi connectivity index (χ0) is 8.39. The molecule has 1 aliphatic rings. The predicted molar refractivity (Wildman–Crippen MR) is 45.9 cm³/mol. The van der Waals surface area contributed by atoms with Crippen molar-refractivity contribution < 1.29 is 4.52 Å². The second-order valence-corrected chi connectivity index (χ2v) is 3.27. The summed E-state index contributed by atoms with van der Waals surface area (Å²) in [5.41, 5.74) is 1.24. The quantitative estimate of drug-likeness (QED) is 0.739. The van der Waals surface area contributed by atoms with Crippen LogP contribution in [0.3, 0.4) is 0 Å². The summed E-state index contributed by atoms with van der Waals surface area (Å²) in [6.07, 6.45) is 4.37. The van der Waals surface area contributed by atoms with E-state index in [2.05, 4.69) is 17.4 Å². The Labute approximate surface area is 72.1 Å². The monoisotopic (exact) mass is 166 g/mol. The molecule has 3 nitrogen and oxygen atoms in total. The molecule has 0 saturated heterocycles. The van der Waals surface area contributed by atoms with Crippen molar-refractivity contribution in [3.63, 3.8) is 0 Å². The molecule has 0 spiro atoms. The van der Waals surface area contributed by atoms with Crippen LogP contribution in [-0.2, 0) is 6.54 Å². The van der Waals surface area contributed by atoms with Crippen LogP contribution in [0.25, 0.3) is 0 Å². The molecule has 0 aliphatic heterocycles. The molecule has 1 saturated carbocycles. The number of nitrogens with zero attached hydrogens (tertiary/aromatic N) is 1. The number of rotatable bonds is 4. The van der Waals surface area contributed by atoms with Gasteiger partial charge in [-0.15, -0.1) is 0 Å². The summed E-state index contributed by atoms with van der Waals surface area (Å²) in [6.45, 7) is 3.99. The normalized spacial score (nSPS) is 16.8. The molecule has 0 radical (unpaired) electrons. The van der Waals surface area contributed by atoms with Crippen LogP contribution < -0.4 is 5.32 Å². The van der Waals surface area contributed by atoms with Crippen molar-refractivity contribution in [3.8, 4) is 0 Å². The molecule has 12 heavy (non-hydrogen) atoms. The summed E-state index contributed by atoms with van der Waals surface area (Å²) in [7, 11) is 0. The fourth-order valence-corrected chi connectivity index (χ4v) is 1.34. The van der Waals surface area contributed by atoms with Crippen LogP contribution in [-0.4, -0.2) is 11.7 Å². The Morgan fingerprint density at radius 1 is 1.67 bits per heavy atom. The second kappa shape index (κ2) is 3.27. The van der Waals surface area contributed by atoms with Gasteiger partial charge in [0.2, 0.25) is 0 Å². The number of hydrogen-bond donors (Lipinski definition) is 1. The van der Waals surface area contributed by atoms with E-state index in [9.17, 15) is 0 Å². The lowest BCUT2D eigenvalue weighted by Crippen LogP contribution is -2.12. The molecule has 0 atom stereocenters. The molecular formula is C9H14N2O. The SMILES string of the molecule is CCNCc1cnoc1C1CC1. The fourth-order valence-electron chi connectivity index (χ4n) is 1.34. The first-order valence-corrected chi connectivity index (χ1v) is 4.56. The van der Waals surface area contributed by atoms with Gasteiger partial charge in [0.1, 0.15) is 5.76 Å². The summed E-state index contributed by atoms with van der Waals surface area (Å²) in [5.74, 6) is 1.78. The van der Waals surface area contributed by atoms with Crippen molar-refractivity contribution in [2.75, 3.05) is 6.54 Å².